The Morgan fingerprint density at radius 1 is 1.13 bits per heavy atom. The first-order valence-corrected chi connectivity index (χ1v) is 11.1. The summed E-state index contributed by atoms with van der Waals surface area (Å²) < 4.78 is 37.5. The zero-order valence-electron chi connectivity index (χ0n) is 16.0. The Hall–Kier alpha value is -2.51. The summed E-state index contributed by atoms with van der Waals surface area (Å²) >= 11 is 12.3. The Kier molecular flexibility index (Phi) is 6.43. The molecule has 1 aliphatic rings. The van der Waals surface area contributed by atoms with E-state index in [0.29, 0.717) is 11.5 Å². The van der Waals surface area contributed by atoms with Crippen LogP contribution in [0.25, 0.3) is 0 Å². The number of benzene rings is 2. The van der Waals surface area contributed by atoms with Crippen molar-refractivity contribution in [2.45, 2.75) is 18.7 Å². The minimum absolute atomic E-state index is 0.00713. The fourth-order valence-electron chi connectivity index (χ4n) is 2.93. The molecule has 2 aromatic carbocycles. The molecule has 0 saturated heterocycles. The van der Waals surface area contributed by atoms with Crippen LogP contribution in [0.4, 0.5) is 5.69 Å². The molecule has 158 valence electrons. The van der Waals surface area contributed by atoms with E-state index in [1.54, 1.807) is 13.8 Å². The van der Waals surface area contributed by atoms with Gasteiger partial charge in [-0.1, -0.05) is 37.0 Å². The molecule has 0 fully saturated rings. The van der Waals surface area contributed by atoms with Crippen molar-refractivity contribution in [2.75, 3.05) is 25.2 Å². The minimum Gasteiger partial charge on any atom is -0.454 e. The molecule has 8 nitrogen and oxygen atoms in total. The number of nitrogens with one attached hydrogen (secondary N) is 1. The second-order valence-electron chi connectivity index (χ2n) is 6.17. The highest BCUT2D eigenvalue weighted by Gasteiger charge is 2.27. The number of anilines is 1. The van der Waals surface area contributed by atoms with Crippen molar-refractivity contribution in [2.24, 2.45) is 0 Å². The lowest BCUT2D eigenvalue weighted by Gasteiger charge is -2.20. The monoisotopic (exact) mass is 469 g/mol. The quantitative estimate of drug-likeness (QED) is 0.687. The van der Waals surface area contributed by atoms with Crippen molar-refractivity contribution >= 4 is 44.8 Å². The number of carbonyl (C=O) groups excluding carboxylic acids is 1. The molecule has 0 unspecified atom stereocenters. The van der Waals surface area contributed by atoms with Crippen LogP contribution in [0, 0.1) is 11.3 Å². The molecular formula is C19H17Cl2N3O5S. The topological polar surface area (TPSA) is 109 Å². The molecule has 0 spiro atoms. The maximum atomic E-state index is 12.9. The maximum absolute atomic E-state index is 12.9. The molecule has 0 aliphatic carbocycles. The van der Waals surface area contributed by atoms with Gasteiger partial charge in [0.25, 0.3) is 5.91 Å². The molecule has 30 heavy (non-hydrogen) atoms. The maximum Gasteiger partial charge on any atom is 0.257 e. The van der Waals surface area contributed by atoms with Gasteiger partial charge < -0.3 is 14.8 Å². The average molecular weight is 470 g/mol. The summed E-state index contributed by atoms with van der Waals surface area (Å²) in [5.41, 5.74) is 0.216. The molecule has 0 aromatic heterocycles. The van der Waals surface area contributed by atoms with Gasteiger partial charge in [-0.05, 0) is 12.1 Å². The number of nitrogens with zero attached hydrogens (tertiary/aromatic N) is 2. The third kappa shape index (κ3) is 4.04. The van der Waals surface area contributed by atoms with E-state index < -0.39 is 15.9 Å². The third-order valence-electron chi connectivity index (χ3n) is 4.47. The predicted octanol–water partition coefficient (Wildman–Crippen LogP) is 3.88. The standard InChI is InChI=1S/C19H17Cl2N3O5S/c1-3-24(4-2)30(26,27)18-6-12(13(20)7-14(18)21)19(25)23-15-8-17-16(28-10-29-17)5-11(15)9-22/h5-8H,3-4,10H2,1-2H3,(H,23,25). The fourth-order valence-corrected chi connectivity index (χ4v) is 5.22. The number of sulfonamides is 1. The van der Waals surface area contributed by atoms with Gasteiger partial charge in [-0.3, -0.25) is 4.79 Å². The molecular weight excluding hydrogens is 453 g/mol. The zero-order chi connectivity index (χ0) is 22.1. The molecule has 3 rings (SSSR count). The second-order valence-corrected chi connectivity index (χ2v) is 8.89. The summed E-state index contributed by atoms with van der Waals surface area (Å²) in [6.45, 7) is 3.88. The van der Waals surface area contributed by atoms with E-state index in [0.717, 1.165) is 6.07 Å². The van der Waals surface area contributed by atoms with Crippen LogP contribution in [0.2, 0.25) is 10.0 Å². The lowest BCUT2D eigenvalue weighted by molar-refractivity contribution is 0.102. The lowest BCUT2D eigenvalue weighted by Crippen LogP contribution is -2.31. The summed E-state index contributed by atoms with van der Waals surface area (Å²) in [4.78, 5) is 12.6. The van der Waals surface area contributed by atoms with E-state index in [1.165, 1.54) is 22.5 Å². The van der Waals surface area contributed by atoms with Crippen LogP contribution in [0.3, 0.4) is 0 Å². The molecule has 1 heterocycles. The highest BCUT2D eigenvalue weighted by atomic mass is 35.5. The van der Waals surface area contributed by atoms with Gasteiger partial charge in [0, 0.05) is 25.2 Å². The predicted molar refractivity (Wildman–Crippen MR) is 112 cm³/mol. The SMILES string of the molecule is CCN(CC)S(=O)(=O)c1cc(C(=O)Nc2cc3c(cc2C#N)OCO3)c(Cl)cc1Cl. The van der Waals surface area contributed by atoms with Crippen molar-refractivity contribution in [3.63, 3.8) is 0 Å². The largest absolute Gasteiger partial charge is 0.454 e. The van der Waals surface area contributed by atoms with Crippen molar-refractivity contribution in [3.8, 4) is 17.6 Å². The summed E-state index contributed by atoms with van der Waals surface area (Å²) in [5, 5.41) is 11.8. The van der Waals surface area contributed by atoms with Crippen molar-refractivity contribution in [1.29, 1.82) is 5.26 Å². The van der Waals surface area contributed by atoms with E-state index in [-0.39, 0.29) is 51.6 Å². The van der Waals surface area contributed by atoms with Crippen molar-refractivity contribution < 1.29 is 22.7 Å². The van der Waals surface area contributed by atoms with Crippen LogP contribution in [0.1, 0.15) is 29.8 Å². The Bertz CT molecular complexity index is 1160. The molecule has 0 radical (unpaired) electrons. The Morgan fingerprint density at radius 3 is 2.37 bits per heavy atom. The van der Waals surface area contributed by atoms with E-state index in [2.05, 4.69) is 5.32 Å². The number of rotatable bonds is 6. The van der Waals surface area contributed by atoms with Crippen LogP contribution in [-0.2, 0) is 10.0 Å². The van der Waals surface area contributed by atoms with Crippen molar-refractivity contribution in [1.82, 2.24) is 4.31 Å². The molecule has 0 bridgehead atoms. The van der Waals surface area contributed by atoms with Gasteiger partial charge in [-0.2, -0.15) is 9.57 Å². The molecule has 2 aromatic rings. The second kappa shape index (κ2) is 8.70. The van der Waals surface area contributed by atoms with Crippen LogP contribution in [-0.4, -0.2) is 38.5 Å². The van der Waals surface area contributed by atoms with Crippen molar-refractivity contribution in [3.05, 3.63) is 45.4 Å². The van der Waals surface area contributed by atoms with Crippen LogP contribution >= 0.6 is 23.2 Å². The molecule has 0 atom stereocenters. The van der Waals surface area contributed by atoms with Gasteiger partial charge in [0.1, 0.15) is 11.0 Å². The average Bonchev–Trinajstić information content (AvgIpc) is 3.15. The number of nitriles is 1. The van der Waals surface area contributed by atoms with Gasteiger partial charge in [-0.15, -0.1) is 0 Å². The number of hydrogen-bond donors (Lipinski definition) is 1. The number of fused-ring (bicyclic) bond motifs is 1. The number of amides is 1. The smallest absolute Gasteiger partial charge is 0.257 e. The lowest BCUT2D eigenvalue weighted by atomic mass is 10.1. The first-order valence-electron chi connectivity index (χ1n) is 8.87. The summed E-state index contributed by atoms with van der Waals surface area (Å²) in [5.74, 6) is 0.0565. The molecule has 1 amide bonds. The summed E-state index contributed by atoms with van der Waals surface area (Å²) in [7, 11) is -3.92. The van der Waals surface area contributed by atoms with Gasteiger partial charge in [0.15, 0.2) is 11.5 Å². The van der Waals surface area contributed by atoms with Gasteiger partial charge in [0.05, 0.1) is 26.9 Å². The van der Waals surface area contributed by atoms with Crippen LogP contribution in [0.5, 0.6) is 11.5 Å². The van der Waals surface area contributed by atoms with E-state index in [1.807, 2.05) is 6.07 Å². The Morgan fingerprint density at radius 2 is 1.77 bits per heavy atom. The number of ether oxygens (including phenoxy) is 2. The third-order valence-corrected chi connectivity index (χ3v) is 7.30. The highest BCUT2D eigenvalue weighted by Crippen LogP contribution is 2.37. The van der Waals surface area contributed by atoms with Gasteiger partial charge in [0.2, 0.25) is 16.8 Å². The summed E-state index contributed by atoms with van der Waals surface area (Å²) in [6, 6.07) is 7.20. The fraction of sp³-hybridized carbons (Fsp3) is 0.263. The minimum atomic E-state index is -3.92. The molecule has 1 N–H and O–H groups in total. The first kappa shape index (κ1) is 22.2. The van der Waals surface area contributed by atoms with Crippen LogP contribution in [0.15, 0.2) is 29.2 Å². The van der Waals surface area contributed by atoms with E-state index in [9.17, 15) is 18.5 Å². The number of carbonyl (C=O) groups is 1. The first-order chi connectivity index (χ1) is 14.2. The van der Waals surface area contributed by atoms with Gasteiger partial charge in [-0.25, -0.2) is 8.42 Å². The van der Waals surface area contributed by atoms with Gasteiger partial charge >= 0.3 is 0 Å². The van der Waals surface area contributed by atoms with E-state index >= 15 is 0 Å². The Balaban J connectivity index is 2.01. The Labute approximate surface area is 183 Å². The number of hydrogen-bond acceptors (Lipinski definition) is 6. The van der Waals surface area contributed by atoms with E-state index in [4.69, 9.17) is 32.7 Å². The van der Waals surface area contributed by atoms with Crippen LogP contribution < -0.4 is 14.8 Å². The summed E-state index contributed by atoms with van der Waals surface area (Å²) in [6.07, 6.45) is 0. The number of halogens is 2. The highest BCUT2D eigenvalue weighted by molar-refractivity contribution is 7.89. The molecule has 1 aliphatic heterocycles. The molecule has 0 saturated carbocycles. The zero-order valence-corrected chi connectivity index (χ0v) is 18.4. The normalized spacial score (nSPS) is 12.7. The molecule has 11 heteroatoms.